The van der Waals surface area contributed by atoms with Crippen molar-refractivity contribution in [2.45, 2.75) is 76.5 Å². The SMILES string of the molecule is C[C@@H]1C[C@H]2[C@@H]3CCC4=CC(=O)C(O)=C[C@]4(C)[C@@]3(F)[C@@H](O)C[C@]2(C)[C@]12OC2(C)O. The molecule has 0 bridgehead atoms. The van der Waals surface area contributed by atoms with Crippen molar-refractivity contribution in [3.05, 3.63) is 23.5 Å². The van der Waals surface area contributed by atoms with E-state index in [0.717, 1.165) is 6.42 Å². The van der Waals surface area contributed by atoms with Crippen molar-refractivity contribution < 1.29 is 29.2 Å². The van der Waals surface area contributed by atoms with Crippen LogP contribution in [0.15, 0.2) is 23.5 Å². The second-order valence-electron chi connectivity index (χ2n) is 10.4. The first kappa shape index (κ1) is 18.8. The monoisotopic (exact) mass is 392 g/mol. The van der Waals surface area contributed by atoms with Crippen molar-refractivity contribution >= 4 is 5.78 Å². The summed E-state index contributed by atoms with van der Waals surface area (Å²) in [5, 5.41) is 32.0. The molecule has 1 heterocycles. The number of ether oxygens (including phenoxy) is 1. The van der Waals surface area contributed by atoms with E-state index in [9.17, 15) is 20.1 Å². The van der Waals surface area contributed by atoms with Crippen LogP contribution in [-0.2, 0) is 9.53 Å². The molecule has 1 aliphatic heterocycles. The molecule has 0 radical (unpaired) electrons. The van der Waals surface area contributed by atoms with Crippen molar-refractivity contribution in [1.29, 1.82) is 0 Å². The molecule has 5 rings (SSSR count). The third-order valence-electron chi connectivity index (χ3n) is 9.27. The number of halogens is 1. The summed E-state index contributed by atoms with van der Waals surface area (Å²) >= 11 is 0. The maximum absolute atomic E-state index is 17.0. The lowest BCUT2D eigenvalue weighted by Gasteiger charge is -2.61. The van der Waals surface area contributed by atoms with E-state index in [4.69, 9.17) is 4.74 Å². The van der Waals surface area contributed by atoms with E-state index in [-0.39, 0.29) is 18.3 Å². The minimum Gasteiger partial charge on any atom is -0.504 e. The molecule has 1 saturated heterocycles. The molecule has 1 spiro atoms. The number of hydrogen-bond acceptors (Lipinski definition) is 5. The molecule has 4 fully saturated rings. The molecule has 0 aromatic heterocycles. The van der Waals surface area contributed by atoms with E-state index in [1.54, 1.807) is 13.8 Å². The fourth-order valence-corrected chi connectivity index (χ4v) is 8.10. The quantitative estimate of drug-likeness (QED) is 0.552. The maximum Gasteiger partial charge on any atom is 0.219 e. The fraction of sp³-hybridized carbons (Fsp3) is 0.773. The third-order valence-corrected chi connectivity index (χ3v) is 9.27. The van der Waals surface area contributed by atoms with Crippen LogP contribution in [0.25, 0.3) is 0 Å². The number of carbonyl (C=O) groups is 1. The largest absolute Gasteiger partial charge is 0.504 e. The highest BCUT2D eigenvalue weighted by atomic mass is 19.1. The minimum absolute atomic E-state index is 0.0497. The molecule has 0 amide bonds. The number of ketones is 1. The lowest BCUT2D eigenvalue weighted by Crippen LogP contribution is -2.67. The smallest absolute Gasteiger partial charge is 0.219 e. The van der Waals surface area contributed by atoms with E-state index in [1.807, 2.05) is 13.8 Å². The van der Waals surface area contributed by atoms with Crippen molar-refractivity contribution in [2.24, 2.45) is 28.6 Å². The van der Waals surface area contributed by atoms with Crippen LogP contribution in [0.3, 0.4) is 0 Å². The van der Waals surface area contributed by atoms with Gasteiger partial charge in [0.2, 0.25) is 5.78 Å². The van der Waals surface area contributed by atoms with Crippen molar-refractivity contribution in [2.75, 3.05) is 0 Å². The molecule has 4 aliphatic carbocycles. The second kappa shape index (κ2) is 4.90. The second-order valence-corrected chi connectivity index (χ2v) is 10.4. The highest BCUT2D eigenvalue weighted by Gasteiger charge is 2.85. The standard InChI is InChI=1S/C22H29FO5/c1-11-7-14-13-6-5-12-8-15(24)16(25)9-18(12,2)21(13,23)17(26)10-19(14,3)22(11)20(4,27)28-22/h8-9,11,13-14,17,25-27H,5-7,10H2,1-4H3/t11-,13+,14+,17+,18+,19+,20?,21+,22-/m1/s1. The molecule has 1 unspecified atom stereocenters. The summed E-state index contributed by atoms with van der Waals surface area (Å²) in [5.41, 5.74) is -3.86. The Labute approximate surface area is 164 Å². The molecule has 28 heavy (non-hydrogen) atoms. The van der Waals surface area contributed by atoms with E-state index in [2.05, 4.69) is 0 Å². The van der Waals surface area contributed by atoms with E-state index < -0.39 is 51.5 Å². The average Bonchev–Trinajstić information content (AvgIpc) is 3.12. The van der Waals surface area contributed by atoms with Gasteiger partial charge < -0.3 is 20.1 Å². The third kappa shape index (κ3) is 1.70. The molecule has 3 N–H and O–H groups in total. The first-order valence-electron chi connectivity index (χ1n) is 10.3. The number of rotatable bonds is 0. The number of hydrogen-bond donors (Lipinski definition) is 3. The summed E-state index contributed by atoms with van der Waals surface area (Å²) in [6, 6.07) is 0. The molecule has 0 aromatic rings. The number of fused-ring (bicyclic) bond motifs is 6. The lowest BCUT2D eigenvalue weighted by molar-refractivity contribution is -0.198. The van der Waals surface area contributed by atoms with E-state index in [0.29, 0.717) is 18.4 Å². The zero-order valence-corrected chi connectivity index (χ0v) is 16.8. The Balaban J connectivity index is 1.64. The maximum atomic E-state index is 17.0. The van der Waals surface area contributed by atoms with Crippen molar-refractivity contribution in [3.8, 4) is 0 Å². The number of alkyl halides is 1. The Hall–Kier alpha value is -1.24. The van der Waals surface area contributed by atoms with Gasteiger partial charge in [0, 0.05) is 16.7 Å². The zero-order chi connectivity index (χ0) is 20.5. The van der Waals surface area contributed by atoms with Gasteiger partial charge >= 0.3 is 0 Å². The molecule has 5 nitrogen and oxygen atoms in total. The van der Waals surface area contributed by atoms with Gasteiger partial charge in [-0.15, -0.1) is 0 Å². The van der Waals surface area contributed by atoms with Gasteiger partial charge in [-0.3, -0.25) is 4.79 Å². The molecule has 154 valence electrons. The zero-order valence-electron chi connectivity index (χ0n) is 16.8. The van der Waals surface area contributed by atoms with Gasteiger partial charge in [0.15, 0.2) is 17.2 Å². The Morgan fingerprint density at radius 3 is 2.50 bits per heavy atom. The molecule has 3 saturated carbocycles. The summed E-state index contributed by atoms with van der Waals surface area (Å²) < 4.78 is 22.8. The molecule has 0 aromatic carbocycles. The minimum atomic E-state index is -1.98. The predicted octanol–water partition coefficient (Wildman–Crippen LogP) is 2.97. The van der Waals surface area contributed by atoms with Crippen LogP contribution in [0.4, 0.5) is 4.39 Å². The van der Waals surface area contributed by atoms with Gasteiger partial charge in [-0.25, -0.2) is 4.39 Å². The number of epoxide rings is 1. The normalized spacial score (nSPS) is 59.9. The van der Waals surface area contributed by atoms with E-state index in [1.165, 1.54) is 12.2 Å². The Bertz CT molecular complexity index is 848. The molecular formula is C22H29FO5. The van der Waals surface area contributed by atoms with Crippen LogP contribution >= 0.6 is 0 Å². The summed E-state index contributed by atoms with van der Waals surface area (Å²) in [5.74, 6) is -2.66. The summed E-state index contributed by atoms with van der Waals surface area (Å²) in [6.45, 7) is 7.42. The predicted molar refractivity (Wildman–Crippen MR) is 98.9 cm³/mol. The van der Waals surface area contributed by atoms with Crippen LogP contribution in [-0.4, -0.2) is 44.3 Å². The molecular weight excluding hydrogens is 363 g/mol. The van der Waals surface area contributed by atoms with Gasteiger partial charge in [-0.05, 0) is 63.5 Å². The van der Waals surface area contributed by atoms with Gasteiger partial charge in [-0.2, -0.15) is 0 Å². The number of carbonyl (C=O) groups excluding carboxylic acids is 1. The highest BCUT2D eigenvalue weighted by Crippen LogP contribution is 2.77. The molecule has 5 aliphatic rings. The molecule has 6 heteroatoms. The van der Waals surface area contributed by atoms with Crippen molar-refractivity contribution in [1.82, 2.24) is 0 Å². The number of aliphatic hydroxyl groups excluding tert-OH is 2. The van der Waals surface area contributed by atoms with Gasteiger partial charge in [-0.1, -0.05) is 19.4 Å². The van der Waals surface area contributed by atoms with Crippen LogP contribution in [0.2, 0.25) is 0 Å². The first-order chi connectivity index (χ1) is 12.8. The fourth-order valence-electron chi connectivity index (χ4n) is 8.10. The van der Waals surface area contributed by atoms with Crippen molar-refractivity contribution in [3.63, 3.8) is 0 Å². The number of aliphatic hydroxyl groups is 3. The van der Waals surface area contributed by atoms with Crippen LogP contribution in [0, 0.1) is 28.6 Å². The average molecular weight is 392 g/mol. The van der Waals surface area contributed by atoms with Gasteiger partial charge in [0.25, 0.3) is 0 Å². The first-order valence-corrected chi connectivity index (χ1v) is 10.3. The van der Waals surface area contributed by atoms with Crippen LogP contribution < -0.4 is 0 Å². The topological polar surface area (TPSA) is 90.3 Å². The summed E-state index contributed by atoms with van der Waals surface area (Å²) in [4.78, 5) is 12.0. The summed E-state index contributed by atoms with van der Waals surface area (Å²) in [6.07, 6.45) is 3.37. The van der Waals surface area contributed by atoms with E-state index >= 15 is 4.39 Å². The Kier molecular flexibility index (Phi) is 3.29. The van der Waals surface area contributed by atoms with Crippen LogP contribution in [0.5, 0.6) is 0 Å². The number of allylic oxidation sites excluding steroid dienone is 3. The van der Waals surface area contributed by atoms with Crippen LogP contribution in [0.1, 0.15) is 53.4 Å². The summed E-state index contributed by atoms with van der Waals surface area (Å²) in [7, 11) is 0. The Morgan fingerprint density at radius 1 is 1.25 bits per heavy atom. The Morgan fingerprint density at radius 2 is 1.89 bits per heavy atom. The molecule has 9 atom stereocenters. The lowest BCUT2D eigenvalue weighted by atomic mass is 9.45. The van der Waals surface area contributed by atoms with Gasteiger partial charge in [0.1, 0.15) is 5.60 Å². The van der Waals surface area contributed by atoms with Gasteiger partial charge in [0.05, 0.1) is 6.10 Å². The highest BCUT2D eigenvalue weighted by molar-refractivity contribution is 6.04.